The Labute approximate surface area is 165 Å². The van der Waals surface area contributed by atoms with Gasteiger partial charge in [-0.1, -0.05) is 51.9 Å². The molecule has 1 heterocycles. The van der Waals surface area contributed by atoms with Crippen molar-refractivity contribution in [2.24, 2.45) is 5.92 Å². The first kappa shape index (κ1) is 22.0. The average Bonchev–Trinajstić information content (AvgIpc) is 2.84. The van der Waals surface area contributed by atoms with E-state index in [0.29, 0.717) is 6.42 Å². The summed E-state index contributed by atoms with van der Waals surface area (Å²) < 4.78 is 6.63. The van der Waals surface area contributed by atoms with Gasteiger partial charge in [0.15, 0.2) is 8.32 Å². The lowest BCUT2D eigenvalue weighted by molar-refractivity contribution is -0.134. The van der Waals surface area contributed by atoms with E-state index in [2.05, 4.69) is 65.0 Å². The van der Waals surface area contributed by atoms with Crippen molar-refractivity contribution >= 4 is 33.9 Å². The smallest absolute Gasteiger partial charge is 0.207 e. The summed E-state index contributed by atoms with van der Waals surface area (Å²) in [5.41, 5.74) is 3.07. The van der Waals surface area contributed by atoms with Crippen LogP contribution >= 0.6 is 11.8 Å². The molecule has 0 saturated carbocycles. The first-order chi connectivity index (χ1) is 11.7. The number of hydrogen-bond acceptors (Lipinski definition) is 4. The quantitative estimate of drug-likeness (QED) is 0.546. The fraction of sp³-hybridized carbons (Fsp3) is 0.750. The van der Waals surface area contributed by atoms with Crippen molar-refractivity contribution in [1.82, 2.24) is 0 Å². The Bertz CT molecular complexity index is 661. The molecule has 3 atom stereocenters. The molecule has 0 unspecified atom stereocenters. The molecule has 0 aromatic carbocycles. The van der Waals surface area contributed by atoms with Crippen LogP contribution in [0, 0.1) is 17.4 Å². The molecule has 26 heavy (non-hydrogen) atoms. The predicted molar refractivity (Wildman–Crippen MR) is 117 cm³/mol. The van der Waals surface area contributed by atoms with Gasteiger partial charge in [0.1, 0.15) is 14.2 Å². The summed E-state index contributed by atoms with van der Waals surface area (Å²) in [4.78, 5) is 13.4. The highest BCUT2D eigenvalue weighted by molar-refractivity contribution is 7.99. The molecule has 2 aliphatic rings. The van der Waals surface area contributed by atoms with Crippen molar-refractivity contribution in [3.63, 3.8) is 0 Å². The number of carbonyl (C=O) groups is 1. The predicted octanol–water partition coefficient (Wildman–Crippen LogP) is 4.25. The van der Waals surface area contributed by atoms with Gasteiger partial charge in [0, 0.05) is 11.5 Å². The highest BCUT2D eigenvalue weighted by atomic mass is 32.2. The molecule has 0 spiro atoms. The average molecular weight is 411 g/mol. The van der Waals surface area contributed by atoms with E-state index >= 15 is 0 Å². The molecular weight excluding hydrogens is 376 g/mol. The molecule has 146 valence electrons. The van der Waals surface area contributed by atoms with E-state index < -0.39 is 28.1 Å². The van der Waals surface area contributed by atoms with Crippen LogP contribution in [0.1, 0.15) is 27.2 Å². The number of fused-ring (bicyclic) bond motifs is 1. The van der Waals surface area contributed by atoms with Gasteiger partial charge in [0.25, 0.3) is 0 Å². The van der Waals surface area contributed by atoms with Crippen molar-refractivity contribution in [1.29, 1.82) is 0 Å². The Kier molecular flexibility index (Phi) is 6.13. The second-order valence-electron chi connectivity index (χ2n) is 10.1. The van der Waals surface area contributed by atoms with Gasteiger partial charge in [0.05, 0.1) is 0 Å². The molecule has 1 aliphatic heterocycles. The maximum Gasteiger partial charge on any atom is 0.207 e. The topological polar surface area (TPSA) is 46.5 Å². The summed E-state index contributed by atoms with van der Waals surface area (Å²) in [6.45, 7) is 17.1. The van der Waals surface area contributed by atoms with Crippen LogP contribution in [0.15, 0.2) is 11.6 Å². The van der Waals surface area contributed by atoms with Gasteiger partial charge in [0.2, 0.25) is 11.4 Å². The fourth-order valence-electron chi connectivity index (χ4n) is 2.92. The highest BCUT2D eigenvalue weighted by Crippen LogP contribution is 2.44. The van der Waals surface area contributed by atoms with Gasteiger partial charge in [-0.25, -0.2) is 0 Å². The van der Waals surface area contributed by atoms with E-state index in [1.54, 1.807) is 6.08 Å². The van der Waals surface area contributed by atoms with Crippen molar-refractivity contribution in [2.45, 2.75) is 76.7 Å². The van der Waals surface area contributed by atoms with E-state index in [-0.39, 0.29) is 16.7 Å². The lowest BCUT2D eigenvalue weighted by atomic mass is 9.89. The van der Waals surface area contributed by atoms with Crippen LogP contribution in [0.4, 0.5) is 0 Å². The zero-order chi connectivity index (χ0) is 20.0. The normalized spacial score (nSPS) is 30.2. The summed E-state index contributed by atoms with van der Waals surface area (Å²) in [5.74, 6) is 5.16. The van der Waals surface area contributed by atoms with Gasteiger partial charge in [-0.15, -0.1) is 5.54 Å². The van der Waals surface area contributed by atoms with Crippen LogP contribution in [-0.4, -0.2) is 50.5 Å². The van der Waals surface area contributed by atoms with E-state index in [1.165, 1.54) is 0 Å². The minimum atomic E-state index is -2.31. The van der Waals surface area contributed by atoms with Gasteiger partial charge < -0.3 is 9.53 Å². The highest BCUT2D eigenvalue weighted by Gasteiger charge is 2.53. The molecule has 1 saturated heterocycles. The molecule has 2 rings (SSSR count). The standard InChI is InChI=1S/C20H34O3SSi2/c1-19(2,3)26(7,8)23-20(9-10-25(4,5)6)17(21)11-15-13-24-14-16(15)12-18(20)22/h11,16,18,22H,12-14H2,1-8H3/t16-,18-,20-/m1/s1. The maximum atomic E-state index is 13.4. The maximum absolute atomic E-state index is 13.4. The lowest BCUT2D eigenvalue weighted by Crippen LogP contribution is -2.58. The first-order valence-corrected chi connectivity index (χ1v) is 17.0. The number of aliphatic hydroxyl groups is 1. The Hall–Kier alpha value is -0.326. The number of hydrogen-bond donors (Lipinski definition) is 1. The van der Waals surface area contributed by atoms with Crippen LogP contribution in [0.3, 0.4) is 0 Å². The van der Waals surface area contributed by atoms with Crippen molar-refractivity contribution in [2.75, 3.05) is 11.5 Å². The lowest BCUT2D eigenvalue weighted by Gasteiger charge is -2.44. The van der Waals surface area contributed by atoms with E-state index in [0.717, 1.165) is 17.1 Å². The molecule has 1 fully saturated rings. The SMILES string of the molecule is CC(C)(C)[Si](C)(C)O[C@]1(C#C[Si](C)(C)C)C(=O)C=C2CSC[C@H]2C[C@H]1O. The van der Waals surface area contributed by atoms with E-state index in [4.69, 9.17) is 4.43 Å². The molecule has 0 aromatic heterocycles. The summed E-state index contributed by atoms with van der Waals surface area (Å²) in [7, 11) is -4.03. The third kappa shape index (κ3) is 4.56. The van der Waals surface area contributed by atoms with Gasteiger partial charge in [-0.3, -0.25) is 4.79 Å². The number of thioether (sulfide) groups is 1. The Morgan fingerprint density at radius 2 is 1.88 bits per heavy atom. The van der Waals surface area contributed by atoms with Crippen LogP contribution in [-0.2, 0) is 9.22 Å². The molecule has 0 aromatic rings. The van der Waals surface area contributed by atoms with Crippen LogP contribution in [0.2, 0.25) is 37.8 Å². The largest absolute Gasteiger partial charge is 0.393 e. The number of aliphatic hydroxyl groups excluding tert-OH is 1. The molecule has 1 aliphatic carbocycles. The van der Waals surface area contributed by atoms with Gasteiger partial charge in [-0.05, 0) is 36.5 Å². The number of carbonyl (C=O) groups excluding carboxylic acids is 1. The zero-order valence-corrected chi connectivity index (χ0v) is 20.3. The minimum Gasteiger partial charge on any atom is -0.393 e. The second-order valence-corrected chi connectivity index (χ2v) is 20.7. The van der Waals surface area contributed by atoms with Crippen LogP contribution in [0.25, 0.3) is 0 Å². The van der Waals surface area contributed by atoms with Crippen LogP contribution in [0.5, 0.6) is 0 Å². The molecular formula is C20H34O3SSi2. The molecule has 0 radical (unpaired) electrons. The van der Waals surface area contributed by atoms with Gasteiger partial charge in [-0.2, -0.15) is 11.8 Å². The Balaban J connectivity index is 2.57. The minimum absolute atomic E-state index is 0.0635. The number of rotatable bonds is 2. The van der Waals surface area contributed by atoms with Crippen molar-refractivity contribution in [3.8, 4) is 11.5 Å². The third-order valence-corrected chi connectivity index (χ3v) is 12.1. The monoisotopic (exact) mass is 410 g/mol. The Morgan fingerprint density at radius 1 is 1.27 bits per heavy atom. The van der Waals surface area contributed by atoms with Gasteiger partial charge >= 0.3 is 0 Å². The van der Waals surface area contributed by atoms with Crippen molar-refractivity contribution < 1.29 is 14.3 Å². The summed E-state index contributed by atoms with van der Waals surface area (Å²) in [5, 5.41) is 11.1. The third-order valence-electron chi connectivity index (χ3n) is 5.62. The summed E-state index contributed by atoms with van der Waals surface area (Å²) >= 11 is 1.84. The van der Waals surface area contributed by atoms with E-state index in [1.807, 2.05) is 11.8 Å². The molecule has 0 amide bonds. The zero-order valence-electron chi connectivity index (χ0n) is 17.5. The molecule has 3 nitrogen and oxygen atoms in total. The molecule has 6 heteroatoms. The van der Waals surface area contributed by atoms with E-state index in [9.17, 15) is 9.90 Å². The van der Waals surface area contributed by atoms with Crippen LogP contribution < -0.4 is 0 Å². The second kappa shape index (κ2) is 7.25. The Morgan fingerprint density at radius 3 is 2.42 bits per heavy atom. The van der Waals surface area contributed by atoms with Crippen molar-refractivity contribution in [3.05, 3.63) is 11.6 Å². The summed E-state index contributed by atoms with van der Waals surface area (Å²) in [6.07, 6.45) is 1.41. The summed E-state index contributed by atoms with van der Waals surface area (Å²) in [6, 6.07) is 0. The fourth-order valence-corrected chi connectivity index (χ4v) is 6.19. The number of ketones is 1. The molecule has 0 bridgehead atoms. The molecule has 1 N–H and O–H groups in total. The first-order valence-electron chi connectivity index (χ1n) is 9.43.